The molecule has 0 spiro atoms. The van der Waals surface area contributed by atoms with E-state index in [2.05, 4.69) is 0 Å². The molecule has 1 aliphatic rings. The monoisotopic (exact) mass is 221 g/mol. The molecule has 0 atom stereocenters. The summed E-state index contributed by atoms with van der Waals surface area (Å²) in [4.78, 5) is 0. The third-order valence-electron chi connectivity index (χ3n) is 1.26. The Kier molecular flexibility index (Phi) is 2.60. The summed E-state index contributed by atoms with van der Waals surface area (Å²) in [7, 11) is -5.12. The minimum atomic E-state index is -5.19. The number of hydrogen-bond donors (Lipinski definition) is 1. The minimum absolute atomic E-state index is 0.412. The van der Waals surface area contributed by atoms with E-state index in [1.165, 1.54) is 11.8 Å². The second kappa shape index (κ2) is 3.08. The van der Waals surface area contributed by atoms with Gasteiger partial charge in [0.25, 0.3) is 0 Å². The highest BCUT2D eigenvalue weighted by molar-refractivity contribution is 8.01. The SMILES string of the molecule is O=S(=O)(NC1CSC1)C(F)(F)F. The molecule has 72 valence electrons. The van der Waals surface area contributed by atoms with Crippen molar-refractivity contribution in [2.75, 3.05) is 11.5 Å². The van der Waals surface area contributed by atoms with Crippen LogP contribution in [0.2, 0.25) is 0 Å². The van der Waals surface area contributed by atoms with Gasteiger partial charge in [-0.1, -0.05) is 0 Å². The average molecular weight is 221 g/mol. The average Bonchev–Trinajstić information content (AvgIpc) is 1.76. The highest BCUT2D eigenvalue weighted by Gasteiger charge is 2.47. The summed E-state index contributed by atoms with van der Waals surface area (Å²) in [5.41, 5.74) is -5.19. The van der Waals surface area contributed by atoms with Crippen LogP contribution in [-0.4, -0.2) is 31.5 Å². The minimum Gasteiger partial charge on any atom is -0.203 e. The van der Waals surface area contributed by atoms with Crippen LogP contribution >= 0.6 is 11.8 Å². The fourth-order valence-electron chi connectivity index (χ4n) is 0.590. The number of hydrogen-bond acceptors (Lipinski definition) is 3. The molecule has 1 aliphatic heterocycles. The summed E-state index contributed by atoms with van der Waals surface area (Å²) in [6, 6.07) is -0.554. The van der Waals surface area contributed by atoms with Crippen LogP contribution in [0.15, 0.2) is 0 Å². The molecule has 1 fully saturated rings. The summed E-state index contributed by atoms with van der Waals surface area (Å²) in [5, 5.41) is 0. The van der Waals surface area contributed by atoms with Crippen LogP contribution in [0.3, 0.4) is 0 Å². The Hall–Kier alpha value is 0.0500. The number of nitrogens with one attached hydrogen (secondary N) is 1. The summed E-state index contributed by atoms with van der Waals surface area (Å²) in [5.74, 6) is 0.824. The van der Waals surface area contributed by atoms with Crippen LogP contribution in [0.5, 0.6) is 0 Å². The molecule has 0 aromatic carbocycles. The highest BCUT2D eigenvalue weighted by atomic mass is 32.2. The molecule has 3 nitrogen and oxygen atoms in total. The first-order valence-corrected chi connectivity index (χ1v) is 5.63. The molecular weight excluding hydrogens is 215 g/mol. The highest BCUT2D eigenvalue weighted by Crippen LogP contribution is 2.25. The van der Waals surface area contributed by atoms with Crippen molar-refractivity contribution in [3.05, 3.63) is 0 Å². The van der Waals surface area contributed by atoms with Crippen molar-refractivity contribution in [3.8, 4) is 0 Å². The van der Waals surface area contributed by atoms with E-state index in [9.17, 15) is 21.6 Å². The maximum absolute atomic E-state index is 11.7. The Morgan fingerprint density at radius 3 is 2.08 bits per heavy atom. The van der Waals surface area contributed by atoms with E-state index in [0.29, 0.717) is 11.5 Å². The topological polar surface area (TPSA) is 46.2 Å². The summed E-state index contributed by atoms with van der Waals surface area (Å²) in [6.07, 6.45) is 0. The van der Waals surface area contributed by atoms with Gasteiger partial charge < -0.3 is 0 Å². The van der Waals surface area contributed by atoms with E-state index in [0.717, 1.165) is 0 Å². The molecule has 0 unspecified atom stereocenters. The maximum Gasteiger partial charge on any atom is 0.511 e. The molecule has 8 heteroatoms. The van der Waals surface area contributed by atoms with Crippen molar-refractivity contribution in [2.45, 2.75) is 11.6 Å². The fraction of sp³-hybridized carbons (Fsp3) is 1.00. The van der Waals surface area contributed by atoms with Gasteiger partial charge in [-0.2, -0.15) is 24.9 Å². The molecular formula is C4H6F3NO2S2. The van der Waals surface area contributed by atoms with Crippen LogP contribution in [-0.2, 0) is 10.0 Å². The van der Waals surface area contributed by atoms with E-state index in [4.69, 9.17) is 0 Å². The standard InChI is InChI=1S/C4H6F3NO2S2/c5-4(6,7)12(9,10)8-3-1-11-2-3/h3,8H,1-2H2. The van der Waals surface area contributed by atoms with E-state index < -0.39 is 21.6 Å². The lowest BCUT2D eigenvalue weighted by molar-refractivity contribution is -0.0450. The zero-order valence-corrected chi connectivity index (χ0v) is 7.39. The van der Waals surface area contributed by atoms with Gasteiger partial charge in [0.1, 0.15) is 0 Å². The lowest BCUT2D eigenvalue weighted by Gasteiger charge is -2.25. The third kappa shape index (κ3) is 2.05. The van der Waals surface area contributed by atoms with E-state index >= 15 is 0 Å². The lowest BCUT2D eigenvalue weighted by atomic mass is 10.4. The molecule has 0 bridgehead atoms. The van der Waals surface area contributed by atoms with Crippen molar-refractivity contribution in [3.63, 3.8) is 0 Å². The molecule has 1 saturated heterocycles. The van der Waals surface area contributed by atoms with Crippen molar-refractivity contribution in [2.24, 2.45) is 0 Å². The van der Waals surface area contributed by atoms with Gasteiger partial charge >= 0.3 is 15.5 Å². The third-order valence-corrected chi connectivity index (χ3v) is 3.79. The van der Waals surface area contributed by atoms with Crippen LogP contribution in [0.4, 0.5) is 13.2 Å². The van der Waals surface area contributed by atoms with Crippen molar-refractivity contribution < 1.29 is 21.6 Å². The Balaban J connectivity index is 2.60. The molecule has 0 saturated carbocycles. The van der Waals surface area contributed by atoms with Gasteiger partial charge in [0.15, 0.2) is 0 Å². The second-order valence-corrected chi connectivity index (χ2v) is 5.08. The first-order valence-electron chi connectivity index (χ1n) is 2.99. The molecule has 0 radical (unpaired) electrons. The van der Waals surface area contributed by atoms with Crippen LogP contribution in [0, 0.1) is 0 Å². The van der Waals surface area contributed by atoms with Gasteiger partial charge in [0, 0.05) is 17.5 Å². The number of alkyl halides is 3. The molecule has 1 heterocycles. The Morgan fingerprint density at radius 1 is 1.33 bits per heavy atom. The summed E-state index contributed by atoms with van der Waals surface area (Å²) in [6.45, 7) is 0. The molecule has 0 amide bonds. The van der Waals surface area contributed by atoms with Crippen LogP contribution in [0.25, 0.3) is 0 Å². The fourth-order valence-corrected chi connectivity index (χ4v) is 2.18. The predicted octanol–water partition coefficient (Wildman–Crippen LogP) is 0.541. The zero-order valence-electron chi connectivity index (χ0n) is 5.76. The molecule has 0 aromatic rings. The van der Waals surface area contributed by atoms with E-state index in [-0.39, 0.29) is 0 Å². The van der Waals surface area contributed by atoms with Crippen molar-refractivity contribution in [1.29, 1.82) is 0 Å². The quantitative estimate of drug-likeness (QED) is 0.740. The smallest absolute Gasteiger partial charge is 0.203 e. The van der Waals surface area contributed by atoms with Gasteiger partial charge in [0.05, 0.1) is 0 Å². The summed E-state index contributed by atoms with van der Waals surface area (Å²) < 4.78 is 57.5. The lowest BCUT2D eigenvalue weighted by Crippen LogP contribution is -2.48. The van der Waals surface area contributed by atoms with Gasteiger partial charge in [-0.05, 0) is 0 Å². The molecule has 1 rings (SSSR count). The summed E-state index contributed by atoms with van der Waals surface area (Å²) >= 11 is 1.40. The zero-order chi connectivity index (χ0) is 9.41. The van der Waals surface area contributed by atoms with Gasteiger partial charge in [-0.3, -0.25) is 0 Å². The van der Waals surface area contributed by atoms with Gasteiger partial charge in [-0.25, -0.2) is 13.1 Å². The molecule has 0 aromatic heterocycles. The number of sulfonamides is 1. The number of thioether (sulfide) groups is 1. The molecule has 0 aliphatic carbocycles. The predicted molar refractivity (Wildman–Crippen MR) is 39.2 cm³/mol. The second-order valence-electron chi connectivity index (χ2n) is 2.30. The molecule has 1 N–H and O–H groups in total. The molecule has 12 heavy (non-hydrogen) atoms. The largest absolute Gasteiger partial charge is 0.511 e. The van der Waals surface area contributed by atoms with E-state index in [1.54, 1.807) is 4.72 Å². The van der Waals surface area contributed by atoms with Gasteiger partial charge in [0.2, 0.25) is 0 Å². The van der Waals surface area contributed by atoms with Crippen LogP contribution < -0.4 is 4.72 Å². The Morgan fingerprint density at radius 2 is 1.83 bits per heavy atom. The van der Waals surface area contributed by atoms with Gasteiger partial charge in [-0.15, -0.1) is 0 Å². The maximum atomic E-state index is 11.7. The first-order chi connectivity index (χ1) is 5.33. The normalized spacial score (nSPS) is 20.6. The first kappa shape index (κ1) is 10.1. The van der Waals surface area contributed by atoms with Crippen molar-refractivity contribution >= 4 is 21.8 Å². The Labute approximate surface area is 71.8 Å². The van der Waals surface area contributed by atoms with Crippen molar-refractivity contribution in [1.82, 2.24) is 4.72 Å². The Bertz CT molecular complexity index is 256. The number of halogens is 3. The van der Waals surface area contributed by atoms with Crippen LogP contribution in [0.1, 0.15) is 0 Å². The number of rotatable bonds is 2. The van der Waals surface area contributed by atoms with E-state index in [1.807, 2.05) is 0 Å².